The molecule has 0 amide bonds. The normalized spacial score (nSPS) is 8.91. The lowest BCUT2D eigenvalue weighted by Gasteiger charge is -1.96. The second kappa shape index (κ2) is 5.97. The molecule has 11 heavy (non-hydrogen) atoms. The lowest BCUT2D eigenvalue weighted by molar-refractivity contribution is 0.968. The van der Waals surface area contributed by atoms with Gasteiger partial charge in [-0.3, -0.25) is 0 Å². The summed E-state index contributed by atoms with van der Waals surface area (Å²) >= 11 is 3.37. The summed E-state index contributed by atoms with van der Waals surface area (Å²) in [5.74, 6) is 0. The van der Waals surface area contributed by atoms with Crippen molar-refractivity contribution < 1.29 is 0 Å². The van der Waals surface area contributed by atoms with Crippen LogP contribution in [0.3, 0.4) is 0 Å². The van der Waals surface area contributed by atoms with Gasteiger partial charge in [0.2, 0.25) is 0 Å². The number of nitrogens with two attached hydrogens (primary N) is 1. The lowest BCUT2D eigenvalue weighted by Crippen LogP contribution is -2.01. The highest BCUT2D eigenvalue weighted by Crippen LogP contribution is 2.10. The Hall–Kier alpha value is 0.390. The van der Waals surface area contributed by atoms with E-state index < -0.39 is 0 Å². The van der Waals surface area contributed by atoms with E-state index in [-0.39, 0.29) is 24.0 Å². The molecule has 62 valence electrons. The fourth-order valence-corrected chi connectivity index (χ4v) is 1.08. The molecule has 0 aliphatic carbocycles. The molecule has 0 aliphatic rings. The van der Waals surface area contributed by atoms with E-state index in [1.165, 1.54) is 5.56 Å². The topological polar surface area (TPSA) is 26.0 Å². The van der Waals surface area contributed by atoms with Gasteiger partial charge in [0.25, 0.3) is 0 Å². The molecule has 2 N–H and O–H groups in total. The van der Waals surface area contributed by atoms with Crippen LogP contribution in [0.2, 0.25) is 0 Å². The van der Waals surface area contributed by atoms with Gasteiger partial charge < -0.3 is 5.73 Å². The third-order valence-corrected chi connectivity index (χ3v) is 1.87. The SMILES string of the molecule is I.NCCc1ccc(Br)cc1. The van der Waals surface area contributed by atoms with E-state index in [0.717, 1.165) is 17.4 Å². The zero-order valence-corrected chi connectivity index (χ0v) is 10.0. The van der Waals surface area contributed by atoms with E-state index in [1.54, 1.807) is 0 Å². The average molecular weight is 328 g/mol. The second-order valence-electron chi connectivity index (χ2n) is 2.17. The van der Waals surface area contributed by atoms with Crippen LogP contribution in [-0.4, -0.2) is 6.54 Å². The van der Waals surface area contributed by atoms with Crippen LogP contribution in [0, 0.1) is 0 Å². The minimum Gasteiger partial charge on any atom is -0.330 e. The van der Waals surface area contributed by atoms with Crippen molar-refractivity contribution >= 4 is 39.9 Å². The Morgan fingerprint density at radius 3 is 2.18 bits per heavy atom. The second-order valence-corrected chi connectivity index (χ2v) is 3.08. The molecule has 0 heterocycles. The quantitative estimate of drug-likeness (QED) is 0.830. The smallest absolute Gasteiger partial charge is 0.0175 e. The standard InChI is InChI=1S/C8H10BrN.HI/c9-8-3-1-7(2-4-8)5-6-10;/h1-4H,5-6,10H2;1H. The molecular weight excluding hydrogens is 317 g/mol. The van der Waals surface area contributed by atoms with Crippen molar-refractivity contribution in [1.82, 2.24) is 0 Å². The van der Waals surface area contributed by atoms with Crippen molar-refractivity contribution in [2.45, 2.75) is 6.42 Å². The maximum absolute atomic E-state index is 5.39. The van der Waals surface area contributed by atoms with Crippen molar-refractivity contribution in [2.75, 3.05) is 6.54 Å². The summed E-state index contributed by atoms with van der Waals surface area (Å²) in [6.07, 6.45) is 0.966. The Morgan fingerprint density at radius 2 is 1.73 bits per heavy atom. The number of benzene rings is 1. The lowest BCUT2D eigenvalue weighted by atomic mass is 10.2. The van der Waals surface area contributed by atoms with E-state index in [2.05, 4.69) is 28.1 Å². The van der Waals surface area contributed by atoms with E-state index in [1.807, 2.05) is 12.1 Å². The highest BCUT2D eigenvalue weighted by Gasteiger charge is 1.89. The van der Waals surface area contributed by atoms with E-state index in [0.29, 0.717) is 0 Å². The van der Waals surface area contributed by atoms with E-state index in [9.17, 15) is 0 Å². The first-order valence-electron chi connectivity index (χ1n) is 3.27. The zero-order chi connectivity index (χ0) is 7.40. The molecule has 0 bridgehead atoms. The molecule has 3 heteroatoms. The van der Waals surface area contributed by atoms with Crippen molar-refractivity contribution in [3.05, 3.63) is 34.3 Å². The molecule has 0 atom stereocenters. The molecule has 0 fully saturated rings. The number of rotatable bonds is 2. The van der Waals surface area contributed by atoms with Gasteiger partial charge in [-0.15, -0.1) is 24.0 Å². The van der Waals surface area contributed by atoms with Crippen LogP contribution in [-0.2, 0) is 6.42 Å². The Bertz CT molecular complexity index is 198. The molecule has 0 aliphatic heterocycles. The molecule has 1 rings (SSSR count). The van der Waals surface area contributed by atoms with Crippen LogP contribution in [0.5, 0.6) is 0 Å². The summed E-state index contributed by atoms with van der Waals surface area (Å²) in [4.78, 5) is 0. The predicted molar refractivity (Wildman–Crippen MR) is 62.3 cm³/mol. The summed E-state index contributed by atoms with van der Waals surface area (Å²) in [5.41, 5.74) is 6.68. The summed E-state index contributed by atoms with van der Waals surface area (Å²) in [6.45, 7) is 0.724. The van der Waals surface area contributed by atoms with E-state index in [4.69, 9.17) is 5.73 Å². The van der Waals surface area contributed by atoms with Crippen LogP contribution < -0.4 is 5.73 Å². The summed E-state index contributed by atoms with van der Waals surface area (Å²) < 4.78 is 1.12. The molecular formula is C8H11BrIN. The van der Waals surface area contributed by atoms with Gasteiger partial charge in [-0.2, -0.15) is 0 Å². The van der Waals surface area contributed by atoms with Gasteiger partial charge in [0.15, 0.2) is 0 Å². The molecule has 0 saturated carbocycles. The van der Waals surface area contributed by atoms with Crippen molar-refractivity contribution in [3.8, 4) is 0 Å². The number of halogens is 2. The van der Waals surface area contributed by atoms with Gasteiger partial charge in [0.05, 0.1) is 0 Å². The number of hydrogen-bond acceptors (Lipinski definition) is 1. The van der Waals surface area contributed by atoms with Crippen LogP contribution in [0.1, 0.15) is 5.56 Å². The molecule has 1 aromatic rings. The maximum Gasteiger partial charge on any atom is 0.0175 e. The fraction of sp³-hybridized carbons (Fsp3) is 0.250. The molecule has 0 aromatic heterocycles. The highest BCUT2D eigenvalue weighted by molar-refractivity contribution is 14.0. The summed E-state index contributed by atoms with van der Waals surface area (Å²) in [7, 11) is 0. The predicted octanol–water partition coefficient (Wildman–Crippen LogP) is 2.57. The molecule has 1 nitrogen and oxygen atoms in total. The van der Waals surface area contributed by atoms with Crippen LogP contribution in [0.4, 0.5) is 0 Å². The Morgan fingerprint density at radius 1 is 1.18 bits per heavy atom. The van der Waals surface area contributed by atoms with Crippen molar-refractivity contribution in [1.29, 1.82) is 0 Å². The van der Waals surface area contributed by atoms with Gasteiger partial charge in [0.1, 0.15) is 0 Å². The third kappa shape index (κ3) is 4.08. The number of hydrogen-bond donors (Lipinski definition) is 1. The van der Waals surface area contributed by atoms with Gasteiger partial charge in [-0.1, -0.05) is 28.1 Å². The van der Waals surface area contributed by atoms with Crippen LogP contribution in [0.25, 0.3) is 0 Å². The fourth-order valence-electron chi connectivity index (χ4n) is 0.818. The molecule has 0 radical (unpaired) electrons. The first-order valence-corrected chi connectivity index (χ1v) is 4.07. The van der Waals surface area contributed by atoms with Gasteiger partial charge in [-0.05, 0) is 30.7 Å². The highest BCUT2D eigenvalue weighted by atomic mass is 127. The minimum absolute atomic E-state index is 0. The Balaban J connectivity index is 0.000001000. The first kappa shape index (κ1) is 11.4. The average Bonchev–Trinajstić information content (AvgIpc) is 1.95. The Kier molecular flexibility index (Phi) is 6.18. The van der Waals surface area contributed by atoms with Gasteiger partial charge in [-0.25, -0.2) is 0 Å². The van der Waals surface area contributed by atoms with E-state index >= 15 is 0 Å². The van der Waals surface area contributed by atoms with Crippen molar-refractivity contribution in [2.24, 2.45) is 5.73 Å². The summed E-state index contributed by atoms with van der Waals surface area (Å²) in [6, 6.07) is 8.23. The maximum atomic E-state index is 5.39. The molecule has 1 aromatic carbocycles. The molecule has 0 spiro atoms. The van der Waals surface area contributed by atoms with Crippen LogP contribution >= 0.6 is 39.9 Å². The first-order chi connectivity index (χ1) is 4.83. The minimum atomic E-state index is 0. The summed E-state index contributed by atoms with van der Waals surface area (Å²) in [5, 5.41) is 0. The third-order valence-electron chi connectivity index (χ3n) is 1.35. The Labute approximate surface area is 92.5 Å². The largest absolute Gasteiger partial charge is 0.330 e. The molecule has 0 saturated heterocycles. The van der Waals surface area contributed by atoms with Gasteiger partial charge >= 0.3 is 0 Å². The van der Waals surface area contributed by atoms with Gasteiger partial charge in [0, 0.05) is 4.47 Å². The monoisotopic (exact) mass is 327 g/mol. The zero-order valence-electron chi connectivity index (χ0n) is 6.09. The van der Waals surface area contributed by atoms with Crippen LogP contribution in [0.15, 0.2) is 28.7 Å². The molecule has 0 unspecified atom stereocenters. The van der Waals surface area contributed by atoms with Crippen molar-refractivity contribution in [3.63, 3.8) is 0 Å².